The summed E-state index contributed by atoms with van der Waals surface area (Å²) in [6, 6.07) is 18.6. The van der Waals surface area contributed by atoms with E-state index in [1.165, 1.54) is 29.3 Å². The number of thioether (sulfide) groups is 1. The fraction of sp³-hybridized carbons (Fsp3) is 0.364. The highest BCUT2D eigenvalue weighted by Gasteiger charge is 2.15. The topological polar surface area (TPSA) is 63.2 Å². The van der Waals surface area contributed by atoms with Crippen LogP contribution >= 0.6 is 30.6 Å². The van der Waals surface area contributed by atoms with E-state index < -0.39 is 12.9 Å². The van der Waals surface area contributed by atoms with Gasteiger partial charge >= 0.3 is 6.09 Å². The molecule has 0 fully saturated rings. The maximum Gasteiger partial charge on any atom is 0.434 e. The van der Waals surface area contributed by atoms with Crippen molar-refractivity contribution in [3.05, 3.63) is 54.6 Å². The van der Waals surface area contributed by atoms with E-state index in [-0.39, 0.29) is 6.04 Å². The summed E-state index contributed by atoms with van der Waals surface area (Å²) in [6.45, 7) is 5.28. The smallest absolute Gasteiger partial charge is 0.434 e. The molecule has 2 aromatic rings. The molecule has 0 aliphatic heterocycles. The zero-order valence-corrected chi connectivity index (χ0v) is 22.2. The van der Waals surface area contributed by atoms with Crippen molar-refractivity contribution >= 4 is 53.5 Å². The highest BCUT2D eigenvalue weighted by atomic mass is 32.4. The van der Waals surface area contributed by atoms with Gasteiger partial charge in [0.25, 0.3) is 0 Å². The van der Waals surface area contributed by atoms with Crippen molar-refractivity contribution in [1.29, 1.82) is 0 Å². The molecule has 1 amide bonds. The maximum absolute atomic E-state index is 11.7. The minimum Gasteiger partial charge on any atom is -0.493 e. The number of benzene rings is 2. The van der Waals surface area contributed by atoms with Crippen LogP contribution in [0.15, 0.2) is 59.8 Å². The average Bonchev–Trinajstić information content (AvgIpc) is 2.80. The van der Waals surface area contributed by atoms with E-state index >= 15 is 0 Å². The first-order chi connectivity index (χ1) is 15.4. The van der Waals surface area contributed by atoms with Crippen LogP contribution in [0.2, 0.25) is 0 Å². The molecule has 32 heavy (non-hydrogen) atoms. The predicted molar refractivity (Wildman–Crippen MR) is 144 cm³/mol. The lowest BCUT2D eigenvalue weighted by molar-refractivity contribution is 0.153. The molecule has 0 heterocycles. The molecule has 1 unspecified atom stereocenters. The van der Waals surface area contributed by atoms with Gasteiger partial charge in [0, 0.05) is 19.1 Å². The third-order valence-corrected chi connectivity index (χ3v) is 10.1. The molecule has 2 rings (SSSR count). The summed E-state index contributed by atoms with van der Waals surface area (Å²) >= 11 is 8.70. The van der Waals surface area contributed by atoms with Crippen LogP contribution in [0.25, 0.3) is 11.1 Å². The summed E-state index contributed by atoms with van der Waals surface area (Å²) in [6.07, 6.45) is 2.08. The lowest BCUT2D eigenvalue weighted by atomic mass is 10.1. The van der Waals surface area contributed by atoms with Crippen molar-refractivity contribution in [2.24, 2.45) is 5.16 Å². The summed E-state index contributed by atoms with van der Waals surface area (Å²) in [4.78, 5) is 16.5. The van der Waals surface area contributed by atoms with E-state index in [1.54, 1.807) is 6.92 Å². The largest absolute Gasteiger partial charge is 0.493 e. The van der Waals surface area contributed by atoms with Gasteiger partial charge in [0.15, 0.2) is 0 Å². The molecule has 174 valence electrons. The van der Waals surface area contributed by atoms with Gasteiger partial charge in [-0.25, -0.2) is 8.87 Å². The Morgan fingerprint density at radius 1 is 1.16 bits per heavy atom. The lowest BCUT2D eigenvalue weighted by Crippen LogP contribution is -2.27. The molecule has 10 heteroatoms. The molecule has 0 spiro atoms. The Labute approximate surface area is 205 Å². The molecular formula is C22H30N3O3PS3. The summed E-state index contributed by atoms with van der Waals surface area (Å²) in [5.74, 6) is 1.21. The van der Waals surface area contributed by atoms with Gasteiger partial charge in [0.05, 0.1) is 12.5 Å². The number of rotatable bonds is 11. The van der Waals surface area contributed by atoms with Crippen LogP contribution in [0, 0.1) is 0 Å². The number of carbonyl (C=O) groups excluding carboxylic acids is 1. The third kappa shape index (κ3) is 9.55. The van der Waals surface area contributed by atoms with Crippen molar-refractivity contribution in [3.63, 3.8) is 0 Å². The molecule has 2 aromatic carbocycles. The molecule has 1 atom stereocenters. The summed E-state index contributed by atoms with van der Waals surface area (Å²) in [5, 5.41) is 7.08. The third-order valence-electron chi connectivity index (χ3n) is 4.23. The van der Waals surface area contributed by atoms with Crippen LogP contribution in [-0.2, 0) is 16.6 Å². The minimum absolute atomic E-state index is 0.256. The molecule has 0 aliphatic carbocycles. The van der Waals surface area contributed by atoms with Gasteiger partial charge < -0.3 is 10.1 Å². The van der Waals surface area contributed by atoms with Gasteiger partial charge in [-0.15, -0.1) is 11.8 Å². The highest BCUT2D eigenvalue weighted by molar-refractivity contribution is 8.13. The first-order valence-electron chi connectivity index (χ1n) is 10.2. The standard InChI is InChI=1S/C22H30N3O3PS3/c1-17(2)25(32-16-23-22(26)28-24-18(3)31-4)29(30)15-14-27-21-12-10-20(11-13-21)19-8-6-5-7-9-19/h5-13,17,29H,14-16H2,1-4H3,(H,23,26). The number of oxime groups is 1. The van der Waals surface area contributed by atoms with Crippen molar-refractivity contribution in [1.82, 2.24) is 9.39 Å². The van der Waals surface area contributed by atoms with Crippen molar-refractivity contribution in [3.8, 4) is 16.9 Å². The Hall–Kier alpha value is -1.51. The number of ether oxygens (including phenoxy) is 1. The van der Waals surface area contributed by atoms with Crippen LogP contribution in [0.4, 0.5) is 4.79 Å². The molecule has 0 bridgehead atoms. The van der Waals surface area contributed by atoms with E-state index in [0.29, 0.717) is 17.5 Å². The number of hydrogen-bond acceptors (Lipinski definition) is 7. The van der Waals surface area contributed by atoms with Gasteiger partial charge in [-0.2, -0.15) is 0 Å². The SMILES string of the molecule is CSC(C)=NOC(=O)NCSN(C(C)C)[PH](=S)CCOc1ccc(-c2ccccc2)cc1. The molecule has 0 saturated heterocycles. The van der Waals surface area contributed by atoms with Crippen LogP contribution in [0.3, 0.4) is 0 Å². The van der Waals surface area contributed by atoms with Crippen molar-refractivity contribution in [2.75, 3.05) is 24.9 Å². The Kier molecular flexibility index (Phi) is 12.2. The Bertz CT molecular complexity index is 896. The summed E-state index contributed by atoms with van der Waals surface area (Å²) in [7, 11) is 0. The molecule has 1 N–H and O–H groups in total. The normalized spacial score (nSPS) is 12.6. The second-order valence-electron chi connectivity index (χ2n) is 6.95. The number of carbonyl (C=O) groups is 1. The molecule has 0 radical (unpaired) electrons. The van der Waals surface area contributed by atoms with Crippen LogP contribution < -0.4 is 10.1 Å². The quantitative estimate of drug-likeness (QED) is 0.0748. The summed E-state index contributed by atoms with van der Waals surface area (Å²) < 4.78 is 8.10. The Morgan fingerprint density at radius 3 is 2.44 bits per heavy atom. The molecule has 0 aromatic heterocycles. The molecule has 0 saturated carbocycles. The second kappa shape index (κ2) is 14.6. The Balaban J connectivity index is 1.76. The summed E-state index contributed by atoms with van der Waals surface area (Å²) in [5.41, 5.74) is 2.34. The van der Waals surface area contributed by atoms with E-state index in [4.69, 9.17) is 21.4 Å². The fourth-order valence-electron chi connectivity index (χ4n) is 2.59. The molecule has 0 aliphatic rings. The van der Waals surface area contributed by atoms with Gasteiger partial charge in [0.1, 0.15) is 10.8 Å². The zero-order valence-electron chi connectivity index (χ0n) is 18.7. The number of hydrogen-bond donors (Lipinski definition) is 1. The first kappa shape index (κ1) is 26.7. The average molecular weight is 512 g/mol. The fourth-order valence-corrected chi connectivity index (χ4v) is 6.79. The molecular weight excluding hydrogens is 481 g/mol. The van der Waals surface area contributed by atoms with E-state index in [1.807, 2.05) is 36.6 Å². The van der Waals surface area contributed by atoms with Crippen molar-refractivity contribution < 1.29 is 14.4 Å². The first-order valence-corrected chi connectivity index (χ1v) is 15.1. The van der Waals surface area contributed by atoms with Crippen LogP contribution in [0.5, 0.6) is 5.75 Å². The number of nitrogens with one attached hydrogen (secondary N) is 1. The predicted octanol–water partition coefficient (Wildman–Crippen LogP) is 6.06. The van der Waals surface area contributed by atoms with Gasteiger partial charge in [-0.3, -0.25) is 4.84 Å². The minimum atomic E-state index is -1.24. The molecule has 6 nitrogen and oxygen atoms in total. The monoisotopic (exact) mass is 511 g/mol. The van der Waals surface area contributed by atoms with E-state index in [2.05, 4.69) is 52.7 Å². The van der Waals surface area contributed by atoms with E-state index in [0.717, 1.165) is 17.5 Å². The zero-order chi connectivity index (χ0) is 23.3. The van der Waals surface area contributed by atoms with Crippen LogP contribution in [-0.4, -0.2) is 46.2 Å². The lowest BCUT2D eigenvalue weighted by Gasteiger charge is -2.26. The number of amides is 1. The van der Waals surface area contributed by atoms with Crippen molar-refractivity contribution in [2.45, 2.75) is 26.8 Å². The maximum atomic E-state index is 11.7. The van der Waals surface area contributed by atoms with Gasteiger partial charge in [0.2, 0.25) is 0 Å². The second-order valence-corrected chi connectivity index (χ2v) is 12.4. The number of nitrogens with zero attached hydrogens (tertiary/aromatic N) is 2. The van der Waals surface area contributed by atoms with Crippen LogP contribution in [0.1, 0.15) is 20.8 Å². The van der Waals surface area contributed by atoms with Gasteiger partial charge in [-0.05, 0) is 50.3 Å². The highest BCUT2D eigenvalue weighted by Crippen LogP contribution is 2.36. The Morgan fingerprint density at radius 2 is 1.81 bits per heavy atom. The van der Waals surface area contributed by atoms with Gasteiger partial charge in [-0.1, -0.05) is 71.4 Å². The van der Waals surface area contributed by atoms with E-state index in [9.17, 15) is 4.79 Å².